The van der Waals surface area contributed by atoms with Crippen molar-refractivity contribution in [1.29, 1.82) is 0 Å². The van der Waals surface area contributed by atoms with Gasteiger partial charge < -0.3 is 0 Å². The molecule has 0 spiro atoms. The predicted molar refractivity (Wildman–Crippen MR) is 57.6 cm³/mol. The molecule has 0 bridgehead atoms. The summed E-state index contributed by atoms with van der Waals surface area (Å²) in [7, 11) is -7.13. The Morgan fingerprint density at radius 2 is 1.36 bits per heavy atom. The Hall–Kier alpha value is -0.100. The monoisotopic (exact) mass is 242 g/mol. The van der Waals surface area contributed by atoms with Crippen molar-refractivity contribution in [2.75, 3.05) is 11.5 Å². The molecule has 0 atom stereocenters. The van der Waals surface area contributed by atoms with Gasteiger partial charge >= 0.3 is 0 Å². The third-order valence-electron chi connectivity index (χ3n) is 2.35. The lowest BCUT2D eigenvalue weighted by Crippen LogP contribution is -2.42. The molecule has 0 radical (unpaired) electrons. The summed E-state index contributed by atoms with van der Waals surface area (Å²) in [4.78, 5) is 0. The summed E-state index contributed by atoms with van der Waals surface area (Å²) < 4.78 is 44.8. The minimum Gasteiger partial charge on any atom is -0.227 e. The largest absolute Gasteiger partial charge is 0.227 e. The van der Waals surface area contributed by atoms with Crippen molar-refractivity contribution in [2.24, 2.45) is 0 Å². The van der Waals surface area contributed by atoms with E-state index in [1.54, 1.807) is 6.92 Å². The van der Waals surface area contributed by atoms with Gasteiger partial charge in [-0.1, -0.05) is 13.8 Å². The zero-order valence-corrected chi connectivity index (χ0v) is 10.7. The van der Waals surface area contributed by atoms with Crippen LogP contribution in [0.15, 0.2) is 0 Å². The molecule has 0 fully saturated rings. The van der Waals surface area contributed by atoms with Crippen molar-refractivity contribution in [3.8, 4) is 0 Å². The first-order valence-corrected chi connectivity index (χ1v) is 7.87. The van der Waals surface area contributed by atoms with E-state index in [4.69, 9.17) is 0 Å². The van der Waals surface area contributed by atoms with E-state index in [0.717, 1.165) is 0 Å². The summed E-state index contributed by atoms with van der Waals surface area (Å²) in [5.41, 5.74) is 0. The lowest BCUT2D eigenvalue weighted by Gasteiger charge is -2.23. The second kappa shape index (κ2) is 4.18. The third-order valence-corrected chi connectivity index (χ3v) is 8.58. The van der Waals surface area contributed by atoms with Crippen molar-refractivity contribution in [1.82, 2.24) is 0 Å². The molecule has 0 heterocycles. The van der Waals surface area contributed by atoms with E-state index in [2.05, 4.69) is 0 Å². The molecule has 6 heteroatoms. The van der Waals surface area contributed by atoms with Crippen LogP contribution in [0.2, 0.25) is 0 Å². The molecule has 14 heavy (non-hydrogen) atoms. The molecule has 0 amide bonds. The van der Waals surface area contributed by atoms with Gasteiger partial charge in [0.1, 0.15) is 0 Å². The van der Waals surface area contributed by atoms with E-state index in [9.17, 15) is 16.8 Å². The van der Waals surface area contributed by atoms with Crippen LogP contribution in [0.5, 0.6) is 0 Å². The van der Waals surface area contributed by atoms with Crippen LogP contribution >= 0.6 is 0 Å². The topological polar surface area (TPSA) is 68.3 Å². The molecule has 4 nitrogen and oxygen atoms in total. The highest BCUT2D eigenvalue weighted by molar-refractivity contribution is 8.10. The lowest BCUT2D eigenvalue weighted by atomic mass is 10.5. The first-order chi connectivity index (χ1) is 6.12. The summed E-state index contributed by atoms with van der Waals surface area (Å²) in [6, 6.07) is 0. The number of hydrogen-bond acceptors (Lipinski definition) is 4. The number of rotatable bonds is 5. The molecule has 0 aliphatic heterocycles. The van der Waals surface area contributed by atoms with Crippen LogP contribution in [-0.2, 0) is 19.7 Å². The van der Waals surface area contributed by atoms with E-state index < -0.39 is 23.8 Å². The maximum absolute atomic E-state index is 11.7. The Bertz CT molecular complexity index is 376. The van der Waals surface area contributed by atoms with Crippen LogP contribution < -0.4 is 0 Å². The molecule has 0 aliphatic rings. The molecular formula is C8H18O4S2. The maximum atomic E-state index is 11.7. The first-order valence-electron chi connectivity index (χ1n) is 4.57. The highest BCUT2D eigenvalue weighted by atomic mass is 32.3. The van der Waals surface area contributed by atoms with Crippen molar-refractivity contribution >= 4 is 19.7 Å². The van der Waals surface area contributed by atoms with Gasteiger partial charge in [-0.3, -0.25) is 0 Å². The molecule has 0 rings (SSSR count). The fourth-order valence-corrected chi connectivity index (χ4v) is 4.93. The van der Waals surface area contributed by atoms with Gasteiger partial charge in [0.15, 0.2) is 23.8 Å². The quantitative estimate of drug-likeness (QED) is 0.720. The molecule has 0 saturated heterocycles. The van der Waals surface area contributed by atoms with Crippen molar-refractivity contribution in [3.63, 3.8) is 0 Å². The van der Waals surface area contributed by atoms with Gasteiger partial charge in [-0.05, 0) is 20.3 Å². The highest BCUT2D eigenvalue weighted by Crippen LogP contribution is 2.25. The van der Waals surface area contributed by atoms with E-state index >= 15 is 0 Å². The molecule has 0 N–H and O–H groups in total. The van der Waals surface area contributed by atoms with Crippen LogP contribution in [0, 0.1) is 0 Å². The summed E-state index contributed by atoms with van der Waals surface area (Å²) >= 11 is 0. The fourth-order valence-electron chi connectivity index (χ4n) is 1.06. The van der Waals surface area contributed by atoms with Gasteiger partial charge in [0.2, 0.25) is 0 Å². The van der Waals surface area contributed by atoms with Gasteiger partial charge in [-0.2, -0.15) is 0 Å². The number of hydrogen-bond donors (Lipinski definition) is 0. The SMILES string of the molecule is CCCS(=O)(=O)C(C)(C)S(=O)(=O)CC. The van der Waals surface area contributed by atoms with Crippen molar-refractivity contribution in [2.45, 2.75) is 38.2 Å². The molecule has 86 valence electrons. The van der Waals surface area contributed by atoms with Crippen molar-refractivity contribution < 1.29 is 16.8 Å². The second-order valence-corrected chi connectivity index (χ2v) is 9.37. The molecule has 0 aromatic heterocycles. The molecule has 0 aliphatic carbocycles. The molecule has 0 aromatic carbocycles. The Labute approximate surface area is 86.5 Å². The minimum atomic E-state index is -3.57. The third kappa shape index (κ3) is 2.28. The lowest BCUT2D eigenvalue weighted by molar-refractivity contribution is 0.555. The highest BCUT2D eigenvalue weighted by Gasteiger charge is 2.44. The Morgan fingerprint density at radius 1 is 0.929 bits per heavy atom. The normalized spacial score (nSPS) is 14.3. The first kappa shape index (κ1) is 13.9. The zero-order valence-electron chi connectivity index (χ0n) is 9.07. The van der Waals surface area contributed by atoms with E-state index in [1.807, 2.05) is 0 Å². The predicted octanol–water partition coefficient (Wildman–Crippen LogP) is 0.982. The van der Waals surface area contributed by atoms with Crippen molar-refractivity contribution in [3.05, 3.63) is 0 Å². The molecular weight excluding hydrogens is 224 g/mol. The van der Waals surface area contributed by atoms with Gasteiger partial charge in [-0.25, -0.2) is 16.8 Å². The van der Waals surface area contributed by atoms with Gasteiger partial charge in [-0.15, -0.1) is 0 Å². The Kier molecular flexibility index (Phi) is 4.15. The maximum Gasteiger partial charge on any atom is 0.169 e. The van der Waals surface area contributed by atoms with Crippen LogP contribution in [0.3, 0.4) is 0 Å². The van der Waals surface area contributed by atoms with Crippen LogP contribution in [-0.4, -0.2) is 32.4 Å². The fraction of sp³-hybridized carbons (Fsp3) is 1.00. The van der Waals surface area contributed by atoms with Gasteiger partial charge in [0.25, 0.3) is 0 Å². The summed E-state index contributed by atoms with van der Waals surface area (Å²) in [6.45, 7) is 5.69. The van der Waals surface area contributed by atoms with E-state index in [-0.39, 0.29) is 11.5 Å². The van der Waals surface area contributed by atoms with Crippen LogP contribution in [0.25, 0.3) is 0 Å². The summed E-state index contributed by atoms with van der Waals surface area (Å²) in [5, 5.41) is 0. The zero-order chi connectivity index (χ0) is 11.6. The van der Waals surface area contributed by atoms with E-state index in [0.29, 0.717) is 6.42 Å². The van der Waals surface area contributed by atoms with Gasteiger partial charge in [0.05, 0.1) is 5.75 Å². The Balaban J connectivity index is 5.38. The molecule has 0 saturated carbocycles. The van der Waals surface area contributed by atoms with E-state index in [1.165, 1.54) is 20.8 Å². The Morgan fingerprint density at radius 3 is 1.64 bits per heavy atom. The average Bonchev–Trinajstić information content (AvgIpc) is 2.03. The smallest absolute Gasteiger partial charge is 0.169 e. The van der Waals surface area contributed by atoms with Gasteiger partial charge in [0, 0.05) is 5.75 Å². The minimum absolute atomic E-state index is 0.0841. The van der Waals surface area contributed by atoms with Crippen LogP contribution in [0.4, 0.5) is 0 Å². The number of sulfone groups is 2. The summed E-state index contributed by atoms with van der Waals surface area (Å²) in [6.07, 6.45) is 0.436. The molecule has 0 aromatic rings. The summed E-state index contributed by atoms with van der Waals surface area (Å²) in [5.74, 6) is -0.234. The molecule has 0 unspecified atom stereocenters. The van der Waals surface area contributed by atoms with Crippen LogP contribution in [0.1, 0.15) is 34.1 Å². The standard InChI is InChI=1S/C8H18O4S2/c1-5-7-14(11,12)8(3,4)13(9,10)6-2/h5-7H2,1-4H3. The second-order valence-electron chi connectivity index (χ2n) is 3.62. The average molecular weight is 242 g/mol.